The average Bonchev–Trinajstić information content (AvgIpc) is 2.55. The smallest absolute Gasteiger partial charge is 0.118 e. The molecule has 0 saturated carbocycles. The highest BCUT2D eigenvalue weighted by molar-refractivity contribution is 9.10. The molecular weight excluding hydrogens is 366 g/mol. The highest BCUT2D eigenvalue weighted by Crippen LogP contribution is 2.16. The maximum Gasteiger partial charge on any atom is 0.118 e. The summed E-state index contributed by atoms with van der Waals surface area (Å²) in [6, 6.07) is 14.8. The Kier molecular flexibility index (Phi) is 6.15. The maximum atomic E-state index is 12.5. The molecule has 0 aliphatic carbocycles. The van der Waals surface area contributed by atoms with Crippen LogP contribution in [0.4, 0.5) is 0 Å². The van der Waals surface area contributed by atoms with Gasteiger partial charge in [0.2, 0.25) is 0 Å². The van der Waals surface area contributed by atoms with Gasteiger partial charge >= 0.3 is 0 Å². The number of ether oxygens (including phenoxy) is 1. The van der Waals surface area contributed by atoms with Gasteiger partial charge < -0.3 is 9.57 Å². The van der Waals surface area contributed by atoms with E-state index in [0.29, 0.717) is 5.71 Å². The monoisotopic (exact) mass is 381 g/mol. The van der Waals surface area contributed by atoms with E-state index in [0.717, 1.165) is 20.7 Å². The molecule has 0 saturated heterocycles. The Morgan fingerprint density at radius 2 is 1.73 bits per heavy atom. The second-order valence-electron chi connectivity index (χ2n) is 4.39. The number of hydrogen-bond acceptors (Lipinski definition) is 4. The molecule has 1 unspecified atom stereocenters. The van der Waals surface area contributed by atoms with E-state index in [1.54, 1.807) is 7.11 Å². The first-order valence-electron chi connectivity index (χ1n) is 6.52. The van der Waals surface area contributed by atoms with E-state index in [1.165, 1.54) is 7.11 Å². The standard InChI is InChI=1S/C16H16BrNO3S/c1-20-14-7-3-12(4-8-14)16(18-21-2)11-22(19)15-9-5-13(17)6-10-15/h3-10H,11H2,1-2H3/b18-16+. The Balaban J connectivity index is 2.19. The second kappa shape index (κ2) is 8.10. The first-order valence-corrected chi connectivity index (χ1v) is 8.63. The van der Waals surface area contributed by atoms with E-state index in [4.69, 9.17) is 9.57 Å². The summed E-state index contributed by atoms with van der Waals surface area (Å²) in [7, 11) is 1.90. The van der Waals surface area contributed by atoms with Crippen LogP contribution in [-0.2, 0) is 15.6 Å². The number of benzene rings is 2. The van der Waals surface area contributed by atoms with Crippen LogP contribution in [0.2, 0.25) is 0 Å². The van der Waals surface area contributed by atoms with Crippen molar-refractivity contribution in [2.45, 2.75) is 4.90 Å². The molecule has 116 valence electrons. The first-order chi connectivity index (χ1) is 10.6. The van der Waals surface area contributed by atoms with Crippen LogP contribution in [0.5, 0.6) is 5.75 Å². The van der Waals surface area contributed by atoms with Gasteiger partial charge in [-0.3, -0.25) is 4.21 Å². The number of halogens is 1. The molecule has 4 nitrogen and oxygen atoms in total. The number of hydrogen-bond donors (Lipinski definition) is 0. The van der Waals surface area contributed by atoms with Gasteiger partial charge in [-0.25, -0.2) is 0 Å². The molecule has 2 rings (SSSR count). The van der Waals surface area contributed by atoms with Gasteiger partial charge in [-0.1, -0.05) is 21.1 Å². The zero-order valence-corrected chi connectivity index (χ0v) is 14.7. The highest BCUT2D eigenvalue weighted by atomic mass is 79.9. The van der Waals surface area contributed by atoms with Crippen molar-refractivity contribution in [1.82, 2.24) is 0 Å². The molecule has 1 atom stereocenters. The summed E-state index contributed by atoms with van der Waals surface area (Å²) in [5, 5.41) is 4.01. The fourth-order valence-electron chi connectivity index (χ4n) is 1.85. The Hall–Kier alpha value is -1.66. The molecule has 0 radical (unpaired) electrons. The maximum absolute atomic E-state index is 12.5. The number of methoxy groups -OCH3 is 1. The Bertz CT molecular complexity index is 669. The molecule has 0 fully saturated rings. The summed E-state index contributed by atoms with van der Waals surface area (Å²) in [6.45, 7) is 0. The molecule has 0 aliphatic heterocycles. The Morgan fingerprint density at radius 3 is 2.27 bits per heavy atom. The van der Waals surface area contributed by atoms with E-state index in [1.807, 2.05) is 48.5 Å². The summed E-state index contributed by atoms with van der Waals surface area (Å²) in [4.78, 5) is 5.64. The van der Waals surface area contributed by atoms with Gasteiger partial charge in [0.15, 0.2) is 0 Å². The summed E-state index contributed by atoms with van der Waals surface area (Å²) in [6.07, 6.45) is 0. The zero-order chi connectivity index (χ0) is 15.9. The van der Waals surface area contributed by atoms with Gasteiger partial charge in [0.1, 0.15) is 12.9 Å². The molecule has 0 N–H and O–H groups in total. The number of nitrogens with zero attached hydrogens (tertiary/aromatic N) is 1. The van der Waals surface area contributed by atoms with E-state index >= 15 is 0 Å². The third-order valence-electron chi connectivity index (χ3n) is 2.97. The molecule has 2 aromatic carbocycles. The van der Waals surface area contributed by atoms with E-state index in [-0.39, 0.29) is 5.75 Å². The largest absolute Gasteiger partial charge is 0.497 e. The predicted molar refractivity (Wildman–Crippen MR) is 92.0 cm³/mol. The summed E-state index contributed by atoms with van der Waals surface area (Å²) in [5.74, 6) is 1.04. The van der Waals surface area contributed by atoms with Crippen molar-refractivity contribution in [2.75, 3.05) is 20.0 Å². The van der Waals surface area contributed by atoms with Crippen molar-refractivity contribution in [2.24, 2.45) is 5.16 Å². The van der Waals surface area contributed by atoms with Crippen molar-refractivity contribution in [3.8, 4) is 5.75 Å². The molecule has 0 bridgehead atoms. The quantitative estimate of drug-likeness (QED) is 0.567. The lowest BCUT2D eigenvalue weighted by Crippen LogP contribution is -2.13. The first kappa shape index (κ1) is 16.7. The van der Waals surface area contributed by atoms with Crippen LogP contribution in [0, 0.1) is 0 Å². The predicted octanol–water partition coefficient (Wildman–Crippen LogP) is 3.62. The van der Waals surface area contributed by atoms with E-state index < -0.39 is 10.8 Å². The molecule has 0 spiro atoms. The van der Waals surface area contributed by atoms with Gasteiger partial charge in [0.05, 0.1) is 29.4 Å². The van der Waals surface area contributed by atoms with Gasteiger partial charge in [0.25, 0.3) is 0 Å². The lowest BCUT2D eigenvalue weighted by atomic mass is 10.1. The highest BCUT2D eigenvalue weighted by Gasteiger charge is 2.12. The van der Waals surface area contributed by atoms with Gasteiger partial charge in [-0.2, -0.15) is 0 Å². The van der Waals surface area contributed by atoms with Crippen LogP contribution < -0.4 is 4.74 Å². The number of oxime groups is 1. The molecule has 0 amide bonds. The molecule has 6 heteroatoms. The minimum absolute atomic E-state index is 0.280. The zero-order valence-electron chi connectivity index (χ0n) is 12.3. The average molecular weight is 382 g/mol. The van der Waals surface area contributed by atoms with Crippen molar-refractivity contribution in [1.29, 1.82) is 0 Å². The summed E-state index contributed by atoms with van der Waals surface area (Å²) < 4.78 is 18.6. The van der Waals surface area contributed by atoms with Crippen molar-refractivity contribution < 1.29 is 13.8 Å². The normalized spacial score (nSPS) is 12.8. The van der Waals surface area contributed by atoms with Crippen LogP contribution in [0.15, 0.2) is 63.1 Å². The SMILES string of the molecule is CO/N=C(\CS(=O)c1ccc(Br)cc1)c1ccc(OC)cc1. The second-order valence-corrected chi connectivity index (χ2v) is 6.76. The minimum Gasteiger partial charge on any atom is -0.497 e. The number of rotatable bonds is 6. The third kappa shape index (κ3) is 4.42. The third-order valence-corrected chi connectivity index (χ3v) is 4.83. The topological polar surface area (TPSA) is 47.9 Å². The lowest BCUT2D eigenvalue weighted by molar-refractivity contribution is 0.213. The van der Waals surface area contributed by atoms with Crippen LogP contribution >= 0.6 is 15.9 Å². The molecule has 2 aromatic rings. The van der Waals surface area contributed by atoms with Crippen molar-refractivity contribution in [3.63, 3.8) is 0 Å². The van der Waals surface area contributed by atoms with Gasteiger partial charge in [0, 0.05) is 14.9 Å². The fraction of sp³-hybridized carbons (Fsp3) is 0.188. The molecular formula is C16H16BrNO3S. The van der Waals surface area contributed by atoms with E-state index in [2.05, 4.69) is 21.1 Å². The molecule has 22 heavy (non-hydrogen) atoms. The van der Waals surface area contributed by atoms with Crippen LogP contribution in [0.1, 0.15) is 5.56 Å². The van der Waals surface area contributed by atoms with Crippen LogP contribution in [0.3, 0.4) is 0 Å². The van der Waals surface area contributed by atoms with Gasteiger partial charge in [-0.05, 0) is 48.5 Å². The minimum atomic E-state index is -1.19. The van der Waals surface area contributed by atoms with Gasteiger partial charge in [-0.15, -0.1) is 0 Å². The Morgan fingerprint density at radius 1 is 1.09 bits per heavy atom. The summed E-state index contributed by atoms with van der Waals surface area (Å²) >= 11 is 3.37. The van der Waals surface area contributed by atoms with Crippen LogP contribution in [-0.4, -0.2) is 29.9 Å². The lowest BCUT2D eigenvalue weighted by Gasteiger charge is -2.07. The van der Waals surface area contributed by atoms with E-state index in [9.17, 15) is 4.21 Å². The fourth-order valence-corrected chi connectivity index (χ4v) is 3.19. The van der Waals surface area contributed by atoms with Crippen LogP contribution in [0.25, 0.3) is 0 Å². The molecule has 0 aliphatic rings. The summed E-state index contributed by atoms with van der Waals surface area (Å²) in [5.41, 5.74) is 1.49. The molecule has 0 aromatic heterocycles. The van der Waals surface area contributed by atoms with Crippen molar-refractivity contribution in [3.05, 3.63) is 58.6 Å². The Labute approximate surface area is 140 Å². The van der Waals surface area contributed by atoms with Crippen molar-refractivity contribution >= 4 is 32.4 Å². The molecule has 0 heterocycles.